The number of nitrogens with zero attached hydrogens (tertiary/aromatic N) is 1. The van der Waals surface area contributed by atoms with E-state index in [1.165, 1.54) is 18.3 Å². The number of nitrogens with one attached hydrogen (secondary N) is 1. The van der Waals surface area contributed by atoms with Gasteiger partial charge in [0.2, 0.25) is 0 Å². The number of rotatable bonds is 2. The molecule has 2 N–H and O–H groups in total. The highest BCUT2D eigenvalue weighted by Crippen LogP contribution is 2.09. The van der Waals surface area contributed by atoms with Gasteiger partial charge in [0, 0.05) is 6.20 Å². The van der Waals surface area contributed by atoms with Gasteiger partial charge in [0.25, 0.3) is 5.56 Å². The van der Waals surface area contributed by atoms with Crippen molar-refractivity contribution >= 4 is 0 Å². The topological polar surface area (TPSA) is 58.0 Å². The highest BCUT2D eigenvalue weighted by molar-refractivity contribution is 5.32. The largest absolute Gasteiger partial charge is 0.391 e. The second kappa shape index (κ2) is 3.70. The van der Waals surface area contributed by atoms with Crippen LogP contribution in [0.3, 0.4) is 0 Å². The van der Waals surface area contributed by atoms with Crippen molar-refractivity contribution in [3.8, 4) is 5.69 Å². The third kappa shape index (κ3) is 1.57. The van der Waals surface area contributed by atoms with E-state index in [1.807, 2.05) is 0 Å². The Morgan fingerprint density at radius 1 is 1.40 bits per heavy atom. The molecule has 0 aliphatic heterocycles. The highest BCUT2D eigenvalue weighted by Gasteiger charge is 2.09. The van der Waals surface area contributed by atoms with Gasteiger partial charge in [0.15, 0.2) is 0 Å². The molecule has 0 aliphatic rings. The van der Waals surface area contributed by atoms with Crippen LogP contribution in [-0.2, 0) is 6.61 Å². The van der Waals surface area contributed by atoms with Gasteiger partial charge in [-0.3, -0.25) is 9.89 Å². The molecule has 1 aromatic heterocycles. The summed E-state index contributed by atoms with van der Waals surface area (Å²) >= 11 is 0. The first-order valence-corrected chi connectivity index (χ1v) is 4.39. The van der Waals surface area contributed by atoms with Gasteiger partial charge >= 0.3 is 0 Å². The summed E-state index contributed by atoms with van der Waals surface area (Å²) in [4.78, 5) is 11.6. The molecule has 0 fully saturated rings. The van der Waals surface area contributed by atoms with Crippen LogP contribution in [-0.4, -0.2) is 14.9 Å². The number of halogens is 1. The minimum Gasteiger partial charge on any atom is -0.391 e. The van der Waals surface area contributed by atoms with Crippen LogP contribution in [0.15, 0.2) is 35.3 Å². The van der Waals surface area contributed by atoms with Gasteiger partial charge in [-0.1, -0.05) is 12.1 Å². The zero-order chi connectivity index (χ0) is 10.8. The number of aromatic amines is 1. The average Bonchev–Trinajstić information content (AvgIpc) is 2.60. The first-order chi connectivity index (χ1) is 7.24. The van der Waals surface area contributed by atoms with Gasteiger partial charge in [0.05, 0.1) is 12.2 Å². The van der Waals surface area contributed by atoms with E-state index >= 15 is 0 Å². The predicted octanol–water partition coefficient (Wildman–Crippen LogP) is 0.797. The SMILES string of the molecule is O=c1c(CO)c[nH]n1-c1ccccc1F. The normalized spacial score (nSPS) is 10.5. The highest BCUT2D eigenvalue weighted by atomic mass is 19.1. The molecule has 78 valence electrons. The lowest BCUT2D eigenvalue weighted by molar-refractivity contribution is 0.280. The Morgan fingerprint density at radius 3 is 2.73 bits per heavy atom. The summed E-state index contributed by atoms with van der Waals surface area (Å²) in [6.07, 6.45) is 1.36. The van der Waals surface area contributed by atoms with Crippen LogP contribution in [0.25, 0.3) is 5.69 Å². The maximum atomic E-state index is 13.3. The van der Waals surface area contributed by atoms with Crippen LogP contribution in [0.4, 0.5) is 4.39 Å². The Labute approximate surface area is 84.6 Å². The molecule has 0 spiro atoms. The molecule has 2 rings (SSSR count). The van der Waals surface area contributed by atoms with E-state index in [-0.39, 0.29) is 17.9 Å². The molecule has 0 radical (unpaired) electrons. The fourth-order valence-corrected chi connectivity index (χ4v) is 1.33. The molecule has 0 amide bonds. The van der Waals surface area contributed by atoms with Crippen LogP contribution < -0.4 is 5.56 Å². The zero-order valence-corrected chi connectivity index (χ0v) is 7.77. The van der Waals surface area contributed by atoms with E-state index < -0.39 is 11.4 Å². The molecule has 1 heterocycles. The molecule has 0 atom stereocenters. The number of H-pyrrole nitrogens is 1. The van der Waals surface area contributed by atoms with Gasteiger partial charge < -0.3 is 5.11 Å². The third-order valence-corrected chi connectivity index (χ3v) is 2.11. The lowest BCUT2D eigenvalue weighted by Crippen LogP contribution is -2.18. The molecule has 0 saturated carbocycles. The van der Waals surface area contributed by atoms with Crippen LogP contribution in [0.1, 0.15) is 5.56 Å². The fourth-order valence-electron chi connectivity index (χ4n) is 1.33. The second-order valence-corrected chi connectivity index (χ2v) is 3.05. The Morgan fingerprint density at radius 2 is 2.13 bits per heavy atom. The van der Waals surface area contributed by atoms with Crippen LogP contribution >= 0.6 is 0 Å². The van der Waals surface area contributed by atoms with Crippen molar-refractivity contribution in [2.24, 2.45) is 0 Å². The molecular weight excluding hydrogens is 199 g/mol. The Bertz CT molecular complexity index is 530. The second-order valence-electron chi connectivity index (χ2n) is 3.05. The molecule has 5 heteroatoms. The summed E-state index contributed by atoms with van der Waals surface area (Å²) in [5.74, 6) is -0.495. The van der Waals surface area contributed by atoms with Crippen molar-refractivity contribution in [1.82, 2.24) is 9.78 Å². The number of hydrogen-bond acceptors (Lipinski definition) is 2. The standard InChI is InChI=1S/C10H9FN2O2/c11-8-3-1-2-4-9(8)13-10(15)7(6-14)5-12-13/h1-5,12,14H,6H2. The van der Waals surface area contributed by atoms with Crippen molar-refractivity contribution in [2.45, 2.75) is 6.61 Å². The maximum absolute atomic E-state index is 13.3. The van der Waals surface area contributed by atoms with Crippen molar-refractivity contribution in [3.05, 3.63) is 52.2 Å². The summed E-state index contributed by atoms with van der Waals surface area (Å²) in [6.45, 7) is -0.364. The quantitative estimate of drug-likeness (QED) is 0.766. The number of para-hydroxylation sites is 1. The Kier molecular flexibility index (Phi) is 2.39. The van der Waals surface area contributed by atoms with Crippen molar-refractivity contribution in [2.75, 3.05) is 0 Å². The molecule has 15 heavy (non-hydrogen) atoms. The molecule has 0 saturated heterocycles. The summed E-state index contributed by atoms with van der Waals surface area (Å²) in [7, 11) is 0. The van der Waals surface area contributed by atoms with Gasteiger partial charge in [-0.2, -0.15) is 0 Å². The smallest absolute Gasteiger partial charge is 0.276 e. The minimum atomic E-state index is -0.495. The van der Waals surface area contributed by atoms with Gasteiger partial charge in [0.1, 0.15) is 11.5 Å². The number of aromatic nitrogens is 2. The summed E-state index contributed by atoms with van der Waals surface area (Å²) in [6, 6.07) is 5.92. The summed E-state index contributed by atoms with van der Waals surface area (Å²) in [5.41, 5.74) is -0.0944. The van der Waals surface area contributed by atoms with Gasteiger partial charge in [-0.15, -0.1) is 0 Å². The fraction of sp³-hybridized carbons (Fsp3) is 0.100. The number of benzene rings is 1. The Hall–Kier alpha value is -1.88. The van der Waals surface area contributed by atoms with Gasteiger partial charge in [-0.05, 0) is 12.1 Å². The molecular formula is C10H9FN2O2. The average molecular weight is 208 g/mol. The van der Waals surface area contributed by atoms with Crippen molar-refractivity contribution in [1.29, 1.82) is 0 Å². The molecule has 0 aliphatic carbocycles. The first kappa shape index (κ1) is 9.67. The van der Waals surface area contributed by atoms with E-state index in [4.69, 9.17) is 5.11 Å². The van der Waals surface area contributed by atoms with E-state index in [0.717, 1.165) is 4.68 Å². The van der Waals surface area contributed by atoms with E-state index in [9.17, 15) is 9.18 Å². The zero-order valence-electron chi connectivity index (χ0n) is 7.77. The first-order valence-electron chi connectivity index (χ1n) is 4.39. The van der Waals surface area contributed by atoms with Crippen LogP contribution in [0.5, 0.6) is 0 Å². The number of aliphatic hydroxyl groups excluding tert-OH is 1. The molecule has 0 unspecified atom stereocenters. The Balaban J connectivity index is 2.60. The third-order valence-electron chi connectivity index (χ3n) is 2.11. The molecule has 4 nitrogen and oxygen atoms in total. The van der Waals surface area contributed by atoms with E-state index in [0.29, 0.717) is 0 Å². The lowest BCUT2D eigenvalue weighted by Gasteiger charge is -2.01. The predicted molar refractivity (Wildman–Crippen MR) is 52.3 cm³/mol. The molecule has 0 bridgehead atoms. The maximum Gasteiger partial charge on any atom is 0.276 e. The lowest BCUT2D eigenvalue weighted by atomic mass is 10.3. The summed E-state index contributed by atoms with van der Waals surface area (Å²) in [5, 5.41) is 11.4. The summed E-state index contributed by atoms with van der Waals surface area (Å²) < 4.78 is 14.4. The number of hydrogen-bond donors (Lipinski definition) is 2. The van der Waals surface area contributed by atoms with E-state index in [2.05, 4.69) is 5.10 Å². The van der Waals surface area contributed by atoms with Gasteiger partial charge in [-0.25, -0.2) is 9.07 Å². The number of aliphatic hydroxyl groups is 1. The van der Waals surface area contributed by atoms with Crippen molar-refractivity contribution in [3.63, 3.8) is 0 Å². The van der Waals surface area contributed by atoms with Crippen LogP contribution in [0, 0.1) is 5.82 Å². The van der Waals surface area contributed by atoms with Crippen molar-refractivity contribution < 1.29 is 9.50 Å². The van der Waals surface area contributed by atoms with E-state index in [1.54, 1.807) is 12.1 Å². The van der Waals surface area contributed by atoms with Crippen LogP contribution in [0.2, 0.25) is 0 Å². The monoisotopic (exact) mass is 208 g/mol. The molecule has 2 aromatic rings. The minimum absolute atomic E-state index is 0.141. The molecule has 1 aromatic carbocycles.